The second-order valence-corrected chi connectivity index (χ2v) is 9.57. The number of nitrogens with zero attached hydrogens (tertiary/aromatic N) is 2. The van der Waals surface area contributed by atoms with Gasteiger partial charge in [-0.3, -0.25) is 13.9 Å². The van der Waals surface area contributed by atoms with Crippen LogP contribution in [-0.2, 0) is 26.2 Å². The summed E-state index contributed by atoms with van der Waals surface area (Å²) in [6, 6.07) is 12.1. The van der Waals surface area contributed by atoms with E-state index in [0.717, 1.165) is 11.8 Å². The highest BCUT2D eigenvalue weighted by Crippen LogP contribution is 2.23. The Morgan fingerprint density at radius 1 is 1.09 bits per heavy atom. The molecule has 174 valence electrons. The molecule has 0 bridgehead atoms. The number of halogens is 1. The van der Waals surface area contributed by atoms with E-state index in [2.05, 4.69) is 5.32 Å². The molecule has 2 aromatic carbocycles. The van der Waals surface area contributed by atoms with Crippen LogP contribution >= 0.6 is 0 Å². The van der Waals surface area contributed by atoms with Gasteiger partial charge >= 0.3 is 0 Å². The number of hydrogen-bond acceptors (Lipinski definition) is 4. The Morgan fingerprint density at radius 2 is 1.72 bits per heavy atom. The van der Waals surface area contributed by atoms with Gasteiger partial charge in [0.15, 0.2) is 0 Å². The van der Waals surface area contributed by atoms with Crippen molar-refractivity contribution in [1.29, 1.82) is 0 Å². The molecule has 9 heteroatoms. The zero-order valence-electron chi connectivity index (χ0n) is 18.8. The molecule has 0 saturated heterocycles. The molecule has 2 rings (SSSR count). The number of benzene rings is 2. The summed E-state index contributed by atoms with van der Waals surface area (Å²) >= 11 is 0. The first-order valence-electron chi connectivity index (χ1n) is 10.3. The minimum absolute atomic E-state index is 0.0560. The predicted molar refractivity (Wildman–Crippen MR) is 123 cm³/mol. The highest BCUT2D eigenvalue weighted by molar-refractivity contribution is 7.92. The fraction of sp³-hybridized carbons (Fsp3) is 0.391. The second-order valence-electron chi connectivity index (χ2n) is 7.66. The normalized spacial score (nSPS) is 12.2. The Balaban J connectivity index is 2.14. The van der Waals surface area contributed by atoms with E-state index in [1.165, 1.54) is 28.4 Å². The zero-order valence-corrected chi connectivity index (χ0v) is 19.7. The number of aryl methyl sites for hydroxylation is 1. The maximum atomic E-state index is 13.2. The number of rotatable bonds is 10. The number of sulfonamides is 1. The van der Waals surface area contributed by atoms with Crippen LogP contribution in [0.15, 0.2) is 48.5 Å². The molecule has 1 atom stereocenters. The summed E-state index contributed by atoms with van der Waals surface area (Å²) in [6.45, 7) is 3.72. The number of nitrogens with one attached hydrogen (secondary N) is 1. The molecule has 0 unspecified atom stereocenters. The Hall–Kier alpha value is -2.94. The number of amides is 2. The quantitative estimate of drug-likeness (QED) is 0.587. The van der Waals surface area contributed by atoms with E-state index in [1.54, 1.807) is 31.2 Å². The van der Waals surface area contributed by atoms with Crippen molar-refractivity contribution < 1.29 is 22.4 Å². The van der Waals surface area contributed by atoms with E-state index in [9.17, 15) is 22.4 Å². The Kier molecular flexibility index (Phi) is 8.77. The van der Waals surface area contributed by atoms with Gasteiger partial charge < -0.3 is 10.2 Å². The van der Waals surface area contributed by atoms with Crippen molar-refractivity contribution in [1.82, 2.24) is 10.2 Å². The molecule has 0 aliphatic rings. The lowest BCUT2D eigenvalue weighted by molar-refractivity contribution is -0.140. The monoisotopic (exact) mass is 463 g/mol. The third-order valence-electron chi connectivity index (χ3n) is 5.22. The summed E-state index contributed by atoms with van der Waals surface area (Å²) in [5.41, 5.74) is 2.08. The van der Waals surface area contributed by atoms with Crippen molar-refractivity contribution in [3.8, 4) is 0 Å². The van der Waals surface area contributed by atoms with E-state index in [0.29, 0.717) is 11.3 Å². The van der Waals surface area contributed by atoms with Gasteiger partial charge in [-0.1, -0.05) is 30.3 Å². The number of para-hydroxylation sites is 1. The number of carbonyl (C=O) groups excluding carboxylic acids is 2. The maximum absolute atomic E-state index is 13.2. The molecule has 0 radical (unpaired) electrons. The molecule has 2 amide bonds. The van der Waals surface area contributed by atoms with Gasteiger partial charge in [-0.2, -0.15) is 0 Å². The summed E-state index contributed by atoms with van der Waals surface area (Å²) in [5.74, 6) is -0.996. The van der Waals surface area contributed by atoms with Gasteiger partial charge in [-0.25, -0.2) is 12.8 Å². The Labute approximate surface area is 189 Å². The molecule has 0 aromatic heterocycles. The first-order valence-corrected chi connectivity index (χ1v) is 12.2. The number of likely N-dealkylation sites (N-methyl/N-ethyl adjacent to an activating group) is 1. The largest absolute Gasteiger partial charge is 0.357 e. The number of anilines is 1. The van der Waals surface area contributed by atoms with Crippen LogP contribution in [0.4, 0.5) is 10.1 Å². The molecule has 7 nitrogen and oxygen atoms in total. The third-order valence-corrected chi connectivity index (χ3v) is 6.40. The topological polar surface area (TPSA) is 86.8 Å². The standard InChI is InChI=1S/C23H30FN3O4S/c1-17-8-5-6-9-21(17)27(32(4,30)31)15-7-10-22(28)26(18(2)23(29)25-3)16-19-11-13-20(24)14-12-19/h5-6,8-9,11-14,18H,7,10,15-16H2,1-4H3,(H,25,29)/t18-/m1/s1. The van der Waals surface area contributed by atoms with Crippen LogP contribution in [0.3, 0.4) is 0 Å². The SMILES string of the molecule is CNC(=O)[C@@H](C)N(Cc1ccc(F)cc1)C(=O)CCCN(c1ccccc1C)S(C)(=O)=O. The van der Waals surface area contributed by atoms with E-state index in [1.807, 2.05) is 19.1 Å². The van der Waals surface area contributed by atoms with Gasteiger partial charge in [-0.15, -0.1) is 0 Å². The summed E-state index contributed by atoms with van der Waals surface area (Å²) in [6.07, 6.45) is 1.47. The predicted octanol–water partition coefficient (Wildman–Crippen LogP) is 2.84. The Bertz CT molecular complexity index is 1040. The molecule has 0 saturated carbocycles. The molecule has 0 fully saturated rings. The lowest BCUT2D eigenvalue weighted by Gasteiger charge is -2.29. The van der Waals surface area contributed by atoms with Crippen LogP contribution in [0.25, 0.3) is 0 Å². The summed E-state index contributed by atoms with van der Waals surface area (Å²) in [4.78, 5) is 26.6. The van der Waals surface area contributed by atoms with Gasteiger partial charge in [-0.05, 0) is 49.6 Å². The van der Waals surface area contributed by atoms with Crippen LogP contribution in [-0.4, -0.2) is 51.0 Å². The fourth-order valence-corrected chi connectivity index (χ4v) is 4.43. The average molecular weight is 464 g/mol. The lowest BCUT2D eigenvalue weighted by Crippen LogP contribution is -2.46. The summed E-state index contributed by atoms with van der Waals surface area (Å²) in [7, 11) is -2.04. The van der Waals surface area contributed by atoms with Crippen molar-refractivity contribution in [3.63, 3.8) is 0 Å². The smallest absolute Gasteiger partial charge is 0.242 e. The fourth-order valence-electron chi connectivity index (χ4n) is 3.40. The van der Waals surface area contributed by atoms with Gasteiger partial charge in [0, 0.05) is 26.6 Å². The van der Waals surface area contributed by atoms with Crippen molar-refractivity contribution in [2.24, 2.45) is 0 Å². The first-order chi connectivity index (χ1) is 15.0. The number of hydrogen-bond donors (Lipinski definition) is 1. The highest BCUT2D eigenvalue weighted by Gasteiger charge is 2.26. The summed E-state index contributed by atoms with van der Waals surface area (Å²) in [5, 5.41) is 2.54. The van der Waals surface area contributed by atoms with Crippen LogP contribution in [0.1, 0.15) is 30.9 Å². The van der Waals surface area contributed by atoms with E-state index >= 15 is 0 Å². The van der Waals surface area contributed by atoms with Gasteiger partial charge in [0.2, 0.25) is 21.8 Å². The van der Waals surface area contributed by atoms with Crippen LogP contribution in [0, 0.1) is 12.7 Å². The number of carbonyl (C=O) groups is 2. The first kappa shape index (κ1) is 25.3. The minimum atomic E-state index is -3.54. The average Bonchev–Trinajstić information content (AvgIpc) is 2.75. The molecule has 0 spiro atoms. The lowest BCUT2D eigenvalue weighted by atomic mass is 10.1. The van der Waals surface area contributed by atoms with Crippen molar-refractivity contribution in [2.75, 3.05) is 24.2 Å². The van der Waals surface area contributed by atoms with Crippen LogP contribution in [0.5, 0.6) is 0 Å². The van der Waals surface area contributed by atoms with Crippen LogP contribution < -0.4 is 9.62 Å². The third kappa shape index (κ3) is 6.78. The summed E-state index contributed by atoms with van der Waals surface area (Å²) < 4.78 is 39.2. The molecule has 2 aromatic rings. The highest BCUT2D eigenvalue weighted by atomic mass is 32.2. The molecule has 32 heavy (non-hydrogen) atoms. The second kappa shape index (κ2) is 11.1. The van der Waals surface area contributed by atoms with E-state index in [-0.39, 0.29) is 43.6 Å². The molecule has 0 heterocycles. The molecular formula is C23H30FN3O4S. The van der Waals surface area contributed by atoms with Crippen molar-refractivity contribution >= 4 is 27.5 Å². The molecule has 0 aliphatic carbocycles. The van der Waals surface area contributed by atoms with Crippen molar-refractivity contribution in [3.05, 3.63) is 65.5 Å². The Morgan fingerprint density at radius 3 is 2.28 bits per heavy atom. The zero-order chi connectivity index (χ0) is 23.9. The van der Waals surface area contributed by atoms with E-state index < -0.39 is 16.1 Å². The minimum Gasteiger partial charge on any atom is -0.357 e. The van der Waals surface area contributed by atoms with Gasteiger partial charge in [0.1, 0.15) is 11.9 Å². The molecular weight excluding hydrogens is 433 g/mol. The van der Waals surface area contributed by atoms with E-state index in [4.69, 9.17) is 0 Å². The molecule has 0 aliphatic heterocycles. The van der Waals surface area contributed by atoms with Gasteiger partial charge in [0.05, 0.1) is 11.9 Å². The van der Waals surface area contributed by atoms with Gasteiger partial charge in [0.25, 0.3) is 0 Å². The van der Waals surface area contributed by atoms with Crippen molar-refractivity contribution in [2.45, 2.75) is 39.3 Å². The van der Waals surface area contributed by atoms with Crippen LogP contribution in [0.2, 0.25) is 0 Å². The maximum Gasteiger partial charge on any atom is 0.242 e. The molecule has 1 N–H and O–H groups in total.